The monoisotopic (exact) mass is 396 g/mol. The first-order chi connectivity index (χ1) is 12.0. The van der Waals surface area contributed by atoms with Gasteiger partial charge >= 0.3 is 6.09 Å². The molecular formula is C16H11Cl3N4O2. The molecular weight excluding hydrogens is 387 g/mol. The van der Waals surface area contributed by atoms with Crippen molar-refractivity contribution in [3.63, 3.8) is 0 Å². The average Bonchev–Trinajstić information content (AvgIpc) is 3.04. The third kappa shape index (κ3) is 4.63. The van der Waals surface area contributed by atoms with Gasteiger partial charge in [0, 0.05) is 10.7 Å². The van der Waals surface area contributed by atoms with E-state index in [1.54, 1.807) is 48.7 Å². The SMILES string of the molecule is O=C(Nc1cccc(Cl)c1)OCc1cn(-c2ccc(Cl)c(Cl)c2)nn1. The van der Waals surface area contributed by atoms with Gasteiger partial charge in [-0.05, 0) is 36.4 Å². The fourth-order valence-electron chi connectivity index (χ4n) is 1.98. The van der Waals surface area contributed by atoms with E-state index in [-0.39, 0.29) is 6.61 Å². The van der Waals surface area contributed by atoms with Crippen molar-refractivity contribution in [3.05, 3.63) is 69.4 Å². The quantitative estimate of drug-likeness (QED) is 0.674. The van der Waals surface area contributed by atoms with Crippen LogP contribution < -0.4 is 5.32 Å². The summed E-state index contributed by atoms with van der Waals surface area (Å²) >= 11 is 17.7. The molecule has 3 rings (SSSR count). The molecule has 1 amide bonds. The van der Waals surface area contributed by atoms with Crippen LogP contribution >= 0.6 is 34.8 Å². The van der Waals surface area contributed by atoms with Crippen LogP contribution in [0.4, 0.5) is 10.5 Å². The molecule has 128 valence electrons. The zero-order valence-electron chi connectivity index (χ0n) is 12.6. The molecule has 0 aliphatic carbocycles. The number of nitrogens with one attached hydrogen (secondary N) is 1. The third-order valence-electron chi connectivity index (χ3n) is 3.13. The van der Waals surface area contributed by atoms with Crippen LogP contribution in [0.1, 0.15) is 5.69 Å². The van der Waals surface area contributed by atoms with E-state index < -0.39 is 6.09 Å². The van der Waals surface area contributed by atoms with Crippen molar-refractivity contribution >= 4 is 46.6 Å². The van der Waals surface area contributed by atoms with Gasteiger partial charge in [0.1, 0.15) is 12.3 Å². The van der Waals surface area contributed by atoms with E-state index in [2.05, 4.69) is 15.6 Å². The van der Waals surface area contributed by atoms with Gasteiger partial charge in [-0.3, -0.25) is 5.32 Å². The summed E-state index contributed by atoms with van der Waals surface area (Å²) < 4.78 is 6.62. The predicted octanol–water partition coefficient (Wildman–Crippen LogP) is 4.98. The zero-order valence-corrected chi connectivity index (χ0v) is 14.9. The Labute approximate surface area is 158 Å². The minimum absolute atomic E-state index is 0.0340. The summed E-state index contributed by atoms with van der Waals surface area (Å²) in [4.78, 5) is 11.8. The molecule has 0 atom stereocenters. The Morgan fingerprint density at radius 2 is 1.96 bits per heavy atom. The fourth-order valence-corrected chi connectivity index (χ4v) is 2.46. The Kier molecular flexibility index (Phi) is 5.43. The molecule has 0 unspecified atom stereocenters. The van der Waals surface area contributed by atoms with Crippen molar-refractivity contribution in [1.82, 2.24) is 15.0 Å². The van der Waals surface area contributed by atoms with E-state index in [0.717, 1.165) is 0 Å². The number of hydrogen-bond donors (Lipinski definition) is 1. The molecule has 0 saturated heterocycles. The van der Waals surface area contributed by atoms with Crippen molar-refractivity contribution in [2.75, 3.05) is 5.32 Å². The van der Waals surface area contributed by atoms with Gasteiger partial charge in [-0.2, -0.15) is 0 Å². The molecule has 2 aromatic carbocycles. The molecule has 3 aromatic rings. The fraction of sp³-hybridized carbons (Fsp3) is 0.0625. The maximum Gasteiger partial charge on any atom is 0.412 e. The van der Waals surface area contributed by atoms with Crippen LogP contribution in [-0.2, 0) is 11.3 Å². The number of benzene rings is 2. The van der Waals surface area contributed by atoms with E-state index in [0.29, 0.717) is 32.1 Å². The second-order valence-electron chi connectivity index (χ2n) is 4.96. The highest BCUT2D eigenvalue weighted by molar-refractivity contribution is 6.42. The maximum atomic E-state index is 11.8. The largest absolute Gasteiger partial charge is 0.443 e. The number of carbonyl (C=O) groups excluding carboxylic acids is 1. The summed E-state index contributed by atoms with van der Waals surface area (Å²) in [5.74, 6) is 0. The van der Waals surface area contributed by atoms with Gasteiger partial charge < -0.3 is 4.74 Å². The number of rotatable bonds is 4. The van der Waals surface area contributed by atoms with Gasteiger partial charge in [0.15, 0.2) is 0 Å². The summed E-state index contributed by atoms with van der Waals surface area (Å²) in [6.45, 7) is -0.0340. The molecule has 0 saturated carbocycles. The molecule has 0 radical (unpaired) electrons. The van der Waals surface area contributed by atoms with Crippen molar-refractivity contribution in [2.45, 2.75) is 6.61 Å². The Morgan fingerprint density at radius 3 is 2.72 bits per heavy atom. The first-order valence-electron chi connectivity index (χ1n) is 7.07. The number of amides is 1. The number of carbonyl (C=O) groups is 1. The normalized spacial score (nSPS) is 10.5. The average molecular weight is 398 g/mol. The lowest BCUT2D eigenvalue weighted by Gasteiger charge is -2.05. The van der Waals surface area contributed by atoms with E-state index in [4.69, 9.17) is 39.5 Å². The summed E-state index contributed by atoms with van der Waals surface area (Å²) in [5, 5.41) is 11.9. The molecule has 0 aliphatic heterocycles. The molecule has 0 spiro atoms. The Bertz CT molecular complexity index is 914. The first-order valence-corrected chi connectivity index (χ1v) is 8.20. The van der Waals surface area contributed by atoms with Crippen molar-refractivity contribution in [2.24, 2.45) is 0 Å². The van der Waals surface area contributed by atoms with E-state index in [1.165, 1.54) is 4.68 Å². The van der Waals surface area contributed by atoms with Crippen molar-refractivity contribution in [1.29, 1.82) is 0 Å². The van der Waals surface area contributed by atoms with Crippen LogP contribution in [0.15, 0.2) is 48.7 Å². The molecule has 1 N–H and O–H groups in total. The number of aromatic nitrogens is 3. The summed E-state index contributed by atoms with van der Waals surface area (Å²) in [6.07, 6.45) is 1.01. The zero-order chi connectivity index (χ0) is 17.8. The lowest BCUT2D eigenvalue weighted by Crippen LogP contribution is -2.13. The highest BCUT2D eigenvalue weighted by atomic mass is 35.5. The second kappa shape index (κ2) is 7.74. The first kappa shape index (κ1) is 17.5. The van der Waals surface area contributed by atoms with Gasteiger partial charge in [-0.1, -0.05) is 46.1 Å². The summed E-state index contributed by atoms with van der Waals surface area (Å²) in [5.41, 5.74) is 1.71. The number of nitrogens with zero attached hydrogens (tertiary/aromatic N) is 3. The highest BCUT2D eigenvalue weighted by Crippen LogP contribution is 2.24. The smallest absolute Gasteiger partial charge is 0.412 e. The highest BCUT2D eigenvalue weighted by Gasteiger charge is 2.09. The lowest BCUT2D eigenvalue weighted by molar-refractivity contribution is 0.153. The van der Waals surface area contributed by atoms with Crippen LogP contribution in [0.25, 0.3) is 5.69 Å². The molecule has 0 aliphatic rings. The van der Waals surface area contributed by atoms with Gasteiger partial charge in [0.05, 0.1) is 21.9 Å². The summed E-state index contributed by atoms with van der Waals surface area (Å²) in [6, 6.07) is 11.8. The number of hydrogen-bond acceptors (Lipinski definition) is 4. The Balaban J connectivity index is 1.59. The van der Waals surface area contributed by atoms with Crippen LogP contribution in [-0.4, -0.2) is 21.1 Å². The molecule has 0 bridgehead atoms. The topological polar surface area (TPSA) is 69.0 Å². The molecule has 1 aromatic heterocycles. The molecule has 1 heterocycles. The van der Waals surface area contributed by atoms with E-state index >= 15 is 0 Å². The maximum absolute atomic E-state index is 11.8. The van der Waals surface area contributed by atoms with E-state index in [1.807, 2.05) is 0 Å². The standard InChI is InChI=1S/C16H11Cl3N4O2/c17-10-2-1-3-11(6-10)20-16(24)25-9-12-8-23(22-21-12)13-4-5-14(18)15(19)7-13/h1-8H,9H2,(H,20,24). The number of anilines is 1. The van der Waals surface area contributed by atoms with Crippen LogP contribution in [0.5, 0.6) is 0 Å². The number of ether oxygens (including phenoxy) is 1. The van der Waals surface area contributed by atoms with Gasteiger partial charge in [-0.25, -0.2) is 9.48 Å². The molecule has 9 heteroatoms. The van der Waals surface area contributed by atoms with Gasteiger partial charge in [0.2, 0.25) is 0 Å². The Hall–Kier alpha value is -2.28. The predicted molar refractivity (Wildman–Crippen MR) is 96.6 cm³/mol. The minimum atomic E-state index is -0.619. The van der Waals surface area contributed by atoms with Crippen molar-refractivity contribution in [3.8, 4) is 5.69 Å². The summed E-state index contributed by atoms with van der Waals surface area (Å²) in [7, 11) is 0. The lowest BCUT2D eigenvalue weighted by atomic mass is 10.3. The van der Waals surface area contributed by atoms with Crippen LogP contribution in [0.2, 0.25) is 15.1 Å². The molecule has 6 nitrogen and oxygen atoms in total. The van der Waals surface area contributed by atoms with Crippen molar-refractivity contribution < 1.29 is 9.53 Å². The van der Waals surface area contributed by atoms with Gasteiger partial charge in [0.25, 0.3) is 0 Å². The van der Waals surface area contributed by atoms with Crippen LogP contribution in [0.3, 0.4) is 0 Å². The molecule has 0 fully saturated rings. The number of halogens is 3. The molecule has 25 heavy (non-hydrogen) atoms. The third-order valence-corrected chi connectivity index (χ3v) is 4.10. The Morgan fingerprint density at radius 1 is 1.12 bits per heavy atom. The van der Waals surface area contributed by atoms with E-state index in [9.17, 15) is 4.79 Å². The minimum Gasteiger partial charge on any atom is -0.443 e. The van der Waals surface area contributed by atoms with Gasteiger partial charge in [-0.15, -0.1) is 5.10 Å². The van der Waals surface area contributed by atoms with Crippen LogP contribution in [0, 0.1) is 0 Å². The second-order valence-corrected chi connectivity index (χ2v) is 6.22.